The highest BCUT2D eigenvalue weighted by Gasteiger charge is 2.17. The fraction of sp³-hybridized carbons (Fsp3) is 0.200. The van der Waals surface area contributed by atoms with Gasteiger partial charge in [0.2, 0.25) is 0 Å². The van der Waals surface area contributed by atoms with Crippen molar-refractivity contribution in [1.29, 1.82) is 5.26 Å². The molecule has 5 heteroatoms. The number of ketones is 1. The second kappa shape index (κ2) is 5.77. The third-order valence-corrected chi connectivity index (χ3v) is 6.80. The zero-order valence-electron chi connectivity index (χ0n) is 7.72. The lowest BCUT2D eigenvalue weighted by atomic mass is 9.97. The molecule has 78 valence electrons. The summed E-state index contributed by atoms with van der Waals surface area (Å²) < 4.78 is 3.32. The predicted molar refractivity (Wildman–Crippen MR) is 83.6 cm³/mol. The lowest BCUT2D eigenvalue weighted by molar-refractivity contribution is -0.117. The quantitative estimate of drug-likeness (QED) is 0.427. The number of nitriles is 1. The number of nitrogens with zero attached hydrogens (tertiary/aromatic N) is 1. The number of hydrogen-bond acceptors (Lipinski definition) is 2. The molecular formula is C10H6I3NO. The maximum atomic E-state index is 11.3. The Morgan fingerprint density at radius 1 is 1.33 bits per heavy atom. The lowest BCUT2D eigenvalue weighted by Gasteiger charge is -2.08. The number of benzene rings is 1. The first-order valence-corrected chi connectivity index (χ1v) is 7.25. The standard InChI is InChI=1S/C10H6I3NO/c1-5(15)7(4-14)6-2-8(11)10(13)9(12)3-6/h2-3,7H,1H3. The first-order valence-electron chi connectivity index (χ1n) is 4.02. The van der Waals surface area contributed by atoms with Crippen molar-refractivity contribution in [2.75, 3.05) is 0 Å². The van der Waals surface area contributed by atoms with E-state index in [4.69, 9.17) is 5.26 Å². The number of hydrogen-bond donors (Lipinski definition) is 0. The van der Waals surface area contributed by atoms with Crippen LogP contribution in [0.2, 0.25) is 0 Å². The van der Waals surface area contributed by atoms with E-state index in [-0.39, 0.29) is 5.78 Å². The predicted octanol–water partition coefficient (Wildman–Crippen LogP) is 3.70. The fourth-order valence-corrected chi connectivity index (χ4v) is 3.27. The topological polar surface area (TPSA) is 40.9 Å². The molecule has 0 aliphatic heterocycles. The molecule has 0 saturated carbocycles. The molecule has 0 radical (unpaired) electrons. The van der Waals surface area contributed by atoms with Gasteiger partial charge in [0.1, 0.15) is 5.92 Å². The average molecular weight is 537 g/mol. The maximum absolute atomic E-state index is 11.3. The smallest absolute Gasteiger partial charge is 0.151 e. The van der Waals surface area contributed by atoms with Gasteiger partial charge in [-0.25, -0.2) is 0 Å². The molecule has 0 saturated heterocycles. The molecule has 0 heterocycles. The molecule has 0 spiro atoms. The van der Waals surface area contributed by atoms with Crippen LogP contribution in [0.1, 0.15) is 18.4 Å². The van der Waals surface area contributed by atoms with Crippen LogP contribution < -0.4 is 0 Å². The lowest BCUT2D eigenvalue weighted by Crippen LogP contribution is -2.07. The van der Waals surface area contributed by atoms with Crippen LogP contribution in [0.3, 0.4) is 0 Å². The summed E-state index contributed by atoms with van der Waals surface area (Å²) in [6.45, 7) is 1.45. The second-order valence-corrected chi connectivity index (χ2v) is 6.37. The molecule has 0 aliphatic carbocycles. The Balaban J connectivity index is 3.28. The number of carbonyl (C=O) groups excluding carboxylic acids is 1. The van der Waals surface area contributed by atoms with Crippen molar-refractivity contribution in [1.82, 2.24) is 0 Å². The fourth-order valence-electron chi connectivity index (χ4n) is 1.14. The summed E-state index contributed by atoms with van der Waals surface area (Å²) in [6, 6.07) is 5.84. The van der Waals surface area contributed by atoms with Crippen LogP contribution in [0.25, 0.3) is 0 Å². The summed E-state index contributed by atoms with van der Waals surface area (Å²) >= 11 is 6.69. The molecule has 0 amide bonds. The van der Waals surface area contributed by atoms with Gasteiger partial charge in [0.15, 0.2) is 5.78 Å². The minimum absolute atomic E-state index is 0.106. The van der Waals surface area contributed by atoms with Crippen molar-refractivity contribution in [3.63, 3.8) is 0 Å². The van der Waals surface area contributed by atoms with E-state index in [1.165, 1.54) is 6.92 Å². The Morgan fingerprint density at radius 2 is 1.80 bits per heavy atom. The van der Waals surface area contributed by atoms with Crippen molar-refractivity contribution in [3.05, 3.63) is 28.4 Å². The van der Waals surface area contributed by atoms with Gasteiger partial charge in [-0.05, 0) is 92.4 Å². The van der Waals surface area contributed by atoms with Crippen molar-refractivity contribution in [3.8, 4) is 6.07 Å². The number of halogens is 3. The highest BCUT2D eigenvalue weighted by atomic mass is 127. The molecule has 0 fully saturated rings. The molecule has 15 heavy (non-hydrogen) atoms. The molecule has 1 atom stereocenters. The Kier molecular flexibility index (Phi) is 5.24. The van der Waals surface area contributed by atoms with E-state index in [1.807, 2.05) is 18.2 Å². The third-order valence-electron chi connectivity index (χ3n) is 1.88. The van der Waals surface area contributed by atoms with E-state index >= 15 is 0 Å². The van der Waals surface area contributed by atoms with Crippen LogP contribution in [0.5, 0.6) is 0 Å². The summed E-state index contributed by atoms with van der Waals surface area (Å²) in [5.41, 5.74) is 0.791. The summed E-state index contributed by atoms with van der Waals surface area (Å²) in [4.78, 5) is 11.3. The largest absolute Gasteiger partial charge is 0.298 e. The van der Waals surface area contributed by atoms with Gasteiger partial charge >= 0.3 is 0 Å². The monoisotopic (exact) mass is 537 g/mol. The minimum Gasteiger partial charge on any atom is -0.298 e. The van der Waals surface area contributed by atoms with Crippen LogP contribution in [-0.4, -0.2) is 5.78 Å². The van der Waals surface area contributed by atoms with Gasteiger partial charge in [-0.3, -0.25) is 4.79 Å². The zero-order chi connectivity index (χ0) is 11.6. The van der Waals surface area contributed by atoms with Crippen molar-refractivity contribution >= 4 is 73.6 Å². The molecule has 0 bridgehead atoms. The van der Waals surface area contributed by atoms with Crippen LogP contribution in [0.4, 0.5) is 0 Å². The van der Waals surface area contributed by atoms with Gasteiger partial charge < -0.3 is 0 Å². The van der Waals surface area contributed by atoms with Crippen molar-refractivity contribution < 1.29 is 4.79 Å². The Labute approximate surface area is 129 Å². The molecule has 1 aromatic rings. The first-order chi connectivity index (χ1) is 6.97. The van der Waals surface area contributed by atoms with Crippen molar-refractivity contribution in [2.24, 2.45) is 0 Å². The Bertz CT molecular complexity index is 427. The first kappa shape index (κ1) is 13.6. The third kappa shape index (κ3) is 3.26. The van der Waals surface area contributed by atoms with Gasteiger partial charge in [-0.2, -0.15) is 5.26 Å². The van der Waals surface area contributed by atoms with E-state index in [0.29, 0.717) is 0 Å². The summed E-state index contributed by atoms with van der Waals surface area (Å²) in [5.74, 6) is -0.741. The highest BCUT2D eigenvalue weighted by molar-refractivity contribution is 14.1. The number of Topliss-reactive ketones (excluding diaryl/α,β-unsaturated/α-hetero) is 1. The maximum Gasteiger partial charge on any atom is 0.151 e. The molecule has 1 unspecified atom stereocenters. The van der Waals surface area contributed by atoms with Crippen LogP contribution in [0, 0.1) is 22.0 Å². The molecule has 0 N–H and O–H groups in total. The van der Waals surface area contributed by atoms with Gasteiger partial charge in [0.05, 0.1) is 6.07 Å². The van der Waals surface area contributed by atoms with E-state index in [2.05, 4.69) is 67.8 Å². The molecular weight excluding hydrogens is 531 g/mol. The number of rotatable bonds is 2. The Morgan fingerprint density at radius 3 is 2.13 bits per heavy atom. The molecule has 2 nitrogen and oxygen atoms in total. The Hall–Kier alpha value is 0.570. The van der Waals surface area contributed by atoms with Gasteiger partial charge in [-0.1, -0.05) is 0 Å². The van der Waals surface area contributed by atoms with E-state index in [1.54, 1.807) is 0 Å². The minimum atomic E-state index is -0.635. The summed E-state index contributed by atoms with van der Waals surface area (Å²) in [6.07, 6.45) is 0. The summed E-state index contributed by atoms with van der Waals surface area (Å²) in [7, 11) is 0. The zero-order valence-corrected chi connectivity index (χ0v) is 14.2. The van der Waals surface area contributed by atoms with Crippen LogP contribution >= 0.6 is 67.8 Å². The number of carbonyl (C=O) groups is 1. The average Bonchev–Trinajstić information content (AvgIpc) is 2.14. The summed E-state index contributed by atoms with van der Waals surface area (Å²) in [5, 5.41) is 8.92. The molecule has 0 aromatic heterocycles. The normalized spacial score (nSPS) is 11.9. The van der Waals surface area contributed by atoms with Gasteiger partial charge in [0.25, 0.3) is 0 Å². The molecule has 1 rings (SSSR count). The van der Waals surface area contributed by atoms with Gasteiger partial charge in [0, 0.05) is 10.7 Å². The SMILES string of the molecule is CC(=O)C(C#N)c1cc(I)c(I)c(I)c1. The molecule has 0 aliphatic rings. The second-order valence-electron chi connectivity index (χ2n) is 2.97. The van der Waals surface area contributed by atoms with E-state index < -0.39 is 5.92 Å². The highest BCUT2D eigenvalue weighted by Crippen LogP contribution is 2.27. The van der Waals surface area contributed by atoms with E-state index in [9.17, 15) is 4.79 Å². The van der Waals surface area contributed by atoms with Crippen molar-refractivity contribution in [2.45, 2.75) is 12.8 Å². The van der Waals surface area contributed by atoms with E-state index in [0.717, 1.165) is 16.3 Å². The van der Waals surface area contributed by atoms with Crippen LogP contribution in [-0.2, 0) is 4.79 Å². The van der Waals surface area contributed by atoms with Crippen LogP contribution in [0.15, 0.2) is 12.1 Å². The molecule has 1 aromatic carbocycles. The van der Waals surface area contributed by atoms with Gasteiger partial charge in [-0.15, -0.1) is 0 Å².